The molecule has 1 heterocycles. The Hall–Kier alpha value is -3.30. The summed E-state index contributed by atoms with van der Waals surface area (Å²) in [5, 5.41) is 8.22. The molecule has 0 atom stereocenters. The summed E-state index contributed by atoms with van der Waals surface area (Å²) in [6.45, 7) is 5.99. The highest BCUT2D eigenvalue weighted by Crippen LogP contribution is 2.25. The monoisotopic (exact) mass is 468 g/mol. The van der Waals surface area contributed by atoms with Gasteiger partial charge in [-0.05, 0) is 62.5 Å². The van der Waals surface area contributed by atoms with Gasteiger partial charge in [0.2, 0.25) is 0 Å². The highest BCUT2D eigenvalue weighted by Gasteiger charge is 2.12. The van der Waals surface area contributed by atoms with Crippen molar-refractivity contribution in [2.45, 2.75) is 13.8 Å². The van der Waals surface area contributed by atoms with Crippen molar-refractivity contribution >= 4 is 51.4 Å². The normalized spacial score (nSPS) is 10.3. The molecule has 0 radical (unpaired) electrons. The number of anilines is 2. The van der Waals surface area contributed by atoms with E-state index in [0.717, 1.165) is 30.0 Å². The molecule has 0 saturated heterocycles. The second kappa shape index (κ2) is 10.8. The van der Waals surface area contributed by atoms with Gasteiger partial charge in [-0.15, -0.1) is 11.3 Å². The SMILES string of the molecule is CCN(CC)c1ccc(C(=O)NC(=S)Nc2nc(-c3ccc(C(=O)OC)cc3)cs2)cc1. The van der Waals surface area contributed by atoms with E-state index in [1.165, 1.54) is 18.4 Å². The second-order valence-corrected chi connectivity index (χ2v) is 8.00. The summed E-state index contributed by atoms with van der Waals surface area (Å²) in [5.41, 5.74) is 3.65. The summed E-state index contributed by atoms with van der Waals surface area (Å²) in [6, 6.07) is 14.4. The minimum Gasteiger partial charge on any atom is -0.465 e. The lowest BCUT2D eigenvalue weighted by Crippen LogP contribution is -2.34. The van der Waals surface area contributed by atoms with Crippen LogP contribution in [0.1, 0.15) is 34.6 Å². The molecule has 9 heteroatoms. The zero-order valence-electron chi connectivity index (χ0n) is 18.0. The van der Waals surface area contributed by atoms with Crippen LogP contribution in [-0.4, -0.2) is 42.2 Å². The summed E-state index contributed by atoms with van der Waals surface area (Å²) in [5.74, 6) is -0.676. The van der Waals surface area contributed by atoms with Crippen LogP contribution in [0.15, 0.2) is 53.9 Å². The first-order valence-electron chi connectivity index (χ1n) is 10.1. The molecule has 1 amide bonds. The fourth-order valence-corrected chi connectivity index (χ4v) is 4.05. The van der Waals surface area contributed by atoms with Crippen LogP contribution in [0.25, 0.3) is 11.3 Å². The molecule has 0 saturated carbocycles. The number of thiocarbonyl (C=S) groups is 1. The van der Waals surface area contributed by atoms with Crippen LogP contribution in [0, 0.1) is 0 Å². The van der Waals surface area contributed by atoms with Crippen molar-refractivity contribution in [1.82, 2.24) is 10.3 Å². The molecule has 7 nitrogen and oxygen atoms in total. The van der Waals surface area contributed by atoms with Gasteiger partial charge in [-0.2, -0.15) is 0 Å². The smallest absolute Gasteiger partial charge is 0.337 e. The molecule has 2 aromatic carbocycles. The third-order valence-corrected chi connectivity index (χ3v) is 5.77. The van der Waals surface area contributed by atoms with Crippen LogP contribution in [0.5, 0.6) is 0 Å². The summed E-state index contributed by atoms with van der Waals surface area (Å²) in [7, 11) is 1.34. The highest BCUT2D eigenvalue weighted by atomic mass is 32.1. The number of methoxy groups -OCH3 is 1. The van der Waals surface area contributed by atoms with Gasteiger partial charge in [-0.3, -0.25) is 10.1 Å². The Kier molecular flexibility index (Phi) is 7.91. The molecule has 1 aromatic heterocycles. The van der Waals surface area contributed by atoms with Gasteiger partial charge in [0.1, 0.15) is 0 Å². The molecule has 0 aliphatic heterocycles. The van der Waals surface area contributed by atoms with Crippen molar-refractivity contribution in [2.75, 3.05) is 30.4 Å². The van der Waals surface area contributed by atoms with Crippen molar-refractivity contribution < 1.29 is 14.3 Å². The van der Waals surface area contributed by atoms with Crippen LogP contribution in [0.2, 0.25) is 0 Å². The van der Waals surface area contributed by atoms with Crippen LogP contribution in [0.3, 0.4) is 0 Å². The molecule has 0 aliphatic rings. The van der Waals surface area contributed by atoms with Crippen molar-refractivity contribution in [1.29, 1.82) is 0 Å². The Bertz CT molecular complexity index is 1090. The average Bonchev–Trinajstić information content (AvgIpc) is 3.28. The molecule has 166 valence electrons. The molecular formula is C23H24N4O3S2. The first-order valence-corrected chi connectivity index (χ1v) is 11.4. The Labute approximate surface area is 196 Å². The number of rotatable bonds is 7. The second-order valence-electron chi connectivity index (χ2n) is 6.73. The first-order chi connectivity index (χ1) is 15.4. The maximum absolute atomic E-state index is 12.5. The number of nitrogens with one attached hydrogen (secondary N) is 2. The summed E-state index contributed by atoms with van der Waals surface area (Å²) in [4.78, 5) is 30.7. The van der Waals surface area contributed by atoms with E-state index in [1.54, 1.807) is 36.4 Å². The highest BCUT2D eigenvalue weighted by molar-refractivity contribution is 7.80. The van der Waals surface area contributed by atoms with Crippen molar-refractivity contribution in [3.63, 3.8) is 0 Å². The third kappa shape index (κ3) is 5.68. The van der Waals surface area contributed by atoms with Crippen molar-refractivity contribution in [3.05, 3.63) is 65.0 Å². The number of amides is 1. The number of ether oxygens (including phenoxy) is 1. The Morgan fingerprint density at radius 2 is 1.66 bits per heavy atom. The van der Waals surface area contributed by atoms with Gasteiger partial charge in [0.05, 0.1) is 18.4 Å². The molecule has 0 unspecified atom stereocenters. The van der Waals surface area contributed by atoms with Crippen LogP contribution in [-0.2, 0) is 4.74 Å². The number of hydrogen-bond donors (Lipinski definition) is 2. The van der Waals surface area contributed by atoms with Gasteiger partial charge < -0.3 is 15.0 Å². The maximum Gasteiger partial charge on any atom is 0.337 e. The third-order valence-electron chi connectivity index (χ3n) is 4.81. The molecule has 2 N–H and O–H groups in total. The fraction of sp³-hybridized carbons (Fsp3) is 0.217. The molecule has 0 aliphatic carbocycles. The fourth-order valence-electron chi connectivity index (χ4n) is 3.07. The minimum absolute atomic E-state index is 0.171. The first kappa shape index (κ1) is 23.4. The van der Waals surface area contributed by atoms with E-state index in [-0.39, 0.29) is 17.0 Å². The van der Waals surface area contributed by atoms with E-state index in [2.05, 4.69) is 34.4 Å². The van der Waals surface area contributed by atoms with Gasteiger partial charge in [-0.1, -0.05) is 12.1 Å². The number of hydrogen-bond acceptors (Lipinski definition) is 7. The number of carbonyl (C=O) groups is 2. The van der Waals surface area contributed by atoms with Crippen molar-refractivity contribution in [3.8, 4) is 11.3 Å². The largest absolute Gasteiger partial charge is 0.465 e. The van der Waals surface area contributed by atoms with E-state index in [9.17, 15) is 9.59 Å². The number of nitrogens with zero attached hydrogens (tertiary/aromatic N) is 2. The number of aromatic nitrogens is 1. The predicted octanol–water partition coefficient (Wildman–Crippen LogP) is 4.57. The van der Waals surface area contributed by atoms with Crippen LogP contribution >= 0.6 is 23.6 Å². The molecule has 0 bridgehead atoms. The lowest BCUT2D eigenvalue weighted by atomic mass is 10.1. The van der Waals surface area contributed by atoms with Gasteiger partial charge in [-0.25, -0.2) is 9.78 Å². The maximum atomic E-state index is 12.5. The molecule has 32 heavy (non-hydrogen) atoms. The lowest BCUT2D eigenvalue weighted by Gasteiger charge is -2.21. The lowest BCUT2D eigenvalue weighted by molar-refractivity contribution is 0.0600. The van der Waals surface area contributed by atoms with Gasteiger partial charge in [0.25, 0.3) is 5.91 Å². The van der Waals surface area contributed by atoms with E-state index in [4.69, 9.17) is 17.0 Å². The molecule has 0 spiro atoms. The Morgan fingerprint density at radius 1 is 1.03 bits per heavy atom. The topological polar surface area (TPSA) is 83.6 Å². The number of benzene rings is 2. The van der Waals surface area contributed by atoms with Gasteiger partial charge in [0.15, 0.2) is 10.2 Å². The zero-order valence-corrected chi connectivity index (χ0v) is 19.7. The summed E-state index contributed by atoms with van der Waals surface area (Å²) < 4.78 is 4.71. The number of carbonyl (C=O) groups excluding carboxylic acids is 2. The summed E-state index contributed by atoms with van der Waals surface area (Å²) >= 11 is 6.63. The minimum atomic E-state index is -0.388. The number of thiazole rings is 1. The molecule has 3 rings (SSSR count). The van der Waals surface area contributed by atoms with E-state index in [1.807, 2.05) is 17.5 Å². The van der Waals surface area contributed by atoms with Gasteiger partial charge in [0, 0.05) is 35.3 Å². The van der Waals surface area contributed by atoms with E-state index in [0.29, 0.717) is 16.3 Å². The summed E-state index contributed by atoms with van der Waals surface area (Å²) in [6.07, 6.45) is 0. The molecule has 0 fully saturated rings. The van der Waals surface area contributed by atoms with Gasteiger partial charge >= 0.3 is 5.97 Å². The van der Waals surface area contributed by atoms with Crippen LogP contribution < -0.4 is 15.5 Å². The standard InChI is InChI=1S/C23H24N4O3S2/c1-4-27(5-2)18-12-10-16(11-13-18)20(28)25-22(31)26-23-24-19(14-32-23)15-6-8-17(9-7-15)21(29)30-3/h6-14H,4-5H2,1-3H3,(H2,24,25,26,28,31). The Balaban J connectivity index is 1.59. The quantitative estimate of drug-likeness (QED) is 0.388. The molecular weight excluding hydrogens is 444 g/mol. The van der Waals surface area contributed by atoms with E-state index < -0.39 is 0 Å². The van der Waals surface area contributed by atoms with Crippen LogP contribution in [0.4, 0.5) is 10.8 Å². The predicted molar refractivity (Wildman–Crippen MR) is 133 cm³/mol. The average molecular weight is 469 g/mol. The zero-order chi connectivity index (χ0) is 23.1. The Morgan fingerprint density at radius 3 is 2.25 bits per heavy atom. The number of esters is 1. The van der Waals surface area contributed by atoms with E-state index >= 15 is 0 Å². The van der Waals surface area contributed by atoms with Crippen molar-refractivity contribution in [2.24, 2.45) is 0 Å². The molecule has 3 aromatic rings.